The molecular formula is C35H40N2O3S2. The molecule has 0 amide bonds. The third-order valence-corrected chi connectivity index (χ3v) is 10.2. The summed E-state index contributed by atoms with van der Waals surface area (Å²) < 4.78 is 47.1. The summed E-state index contributed by atoms with van der Waals surface area (Å²) in [6.07, 6.45) is 4.64. The van der Waals surface area contributed by atoms with Gasteiger partial charge in [0, 0.05) is 6.04 Å². The lowest BCUT2D eigenvalue weighted by Gasteiger charge is -2.39. The lowest BCUT2D eigenvalue weighted by molar-refractivity contribution is 0.343. The van der Waals surface area contributed by atoms with Gasteiger partial charge in [-0.3, -0.25) is 0 Å². The number of hydrogen-bond donors (Lipinski definition) is 2. The fraction of sp³-hybridized carbons (Fsp3) is 0.257. The minimum absolute atomic E-state index is 0.200. The van der Waals surface area contributed by atoms with Crippen molar-refractivity contribution in [1.29, 1.82) is 0 Å². The first kappa shape index (κ1) is 31.6. The third-order valence-electron chi connectivity index (χ3n) is 7.05. The van der Waals surface area contributed by atoms with Gasteiger partial charge in [0.15, 0.2) is 0 Å². The van der Waals surface area contributed by atoms with E-state index in [-0.39, 0.29) is 4.90 Å². The van der Waals surface area contributed by atoms with Crippen molar-refractivity contribution in [2.45, 2.75) is 61.8 Å². The molecule has 2 N–H and O–H groups in total. The first-order valence-corrected chi connectivity index (χ1v) is 16.7. The molecule has 4 aromatic carbocycles. The predicted octanol–water partition coefficient (Wildman–Crippen LogP) is 6.94. The molecule has 0 aliphatic carbocycles. The largest absolute Gasteiger partial charge is 0.242 e. The summed E-state index contributed by atoms with van der Waals surface area (Å²) in [6.45, 7) is 7.72. The number of rotatable bonds is 12. The summed E-state index contributed by atoms with van der Waals surface area (Å²) in [5.41, 5.74) is 3.04. The van der Waals surface area contributed by atoms with Crippen molar-refractivity contribution in [3.63, 3.8) is 0 Å². The molecule has 0 unspecified atom stereocenters. The van der Waals surface area contributed by atoms with Crippen LogP contribution < -0.4 is 9.44 Å². The molecule has 0 heterocycles. The van der Waals surface area contributed by atoms with Gasteiger partial charge in [-0.1, -0.05) is 121 Å². The summed E-state index contributed by atoms with van der Waals surface area (Å²) in [4.78, 5) is 0.200. The maximum atomic E-state index is 13.8. The van der Waals surface area contributed by atoms with Crippen LogP contribution in [0.15, 0.2) is 126 Å². The molecule has 220 valence electrons. The van der Waals surface area contributed by atoms with Crippen LogP contribution in [0, 0.1) is 6.92 Å². The summed E-state index contributed by atoms with van der Waals surface area (Å²) in [5, 5.41) is 0. The van der Waals surface area contributed by atoms with Crippen LogP contribution in [-0.4, -0.2) is 23.4 Å². The smallest absolute Gasteiger partial charge is 0.241 e. The van der Waals surface area contributed by atoms with Gasteiger partial charge in [0.05, 0.1) is 26.2 Å². The molecule has 0 aromatic heterocycles. The van der Waals surface area contributed by atoms with Gasteiger partial charge in [-0.2, -0.15) is 0 Å². The second-order valence-electron chi connectivity index (χ2n) is 11.6. The Morgan fingerprint density at radius 3 is 1.90 bits per heavy atom. The van der Waals surface area contributed by atoms with Crippen LogP contribution in [0.1, 0.15) is 49.4 Å². The standard InChI is InChI=1S/C35H40N2O3S2/c1-28-20-24-33(25-21-28)42(39,40)36-32(23-22-29-14-8-5-9-15-29)27-35(31-18-12-7-13-19-31,37-41(38)34(2,3)4)26-30-16-10-6-11-17-30/h5-25,32,36-37H,26-27H2,1-4H3/b23-22+/t32-,35+,41+/m1/s1. The molecule has 0 fully saturated rings. The highest BCUT2D eigenvalue weighted by Gasteiger charge is 2.39. The third kappa shape index (κ3) is 8.58. The monoisotopic (exact) mass is 600 g/mol. The van der Waals surface area contributed by atoms with Crippen molar-refractivity contribution in [3.05, 3.63) is 144 Å². The van der Waals surface area contributed by atoms with Gasteiger partial charge in [-0.25, -0.2) is 22.1 Å². The van der Waals surface area contributed by atoms with Crippen LogP contribution in [0.25, 0.3) is 6.08 Å². The Balaban J connectivity index is 1.84. The Morgan fingerprint density at radius 2 is 1.33 bits per heavy atom. The Morgan fingerprint density at radius 1 is 0.786 bits per heavy atom. The molecule has 0 radical (unpaired) electrons. The fourth-order valence-corrected chi connectivity index (χ4v) is 6.89. The van der Waals surface area contributed by atoms with Crippen LogP contribution in [0.5, 0.6) is 0 Å². The van der Waals surface area contributed by atoms with Crippen LogP contribution in [0.2, 0.25) is 0 Å². The summed E-state index contributed by atoms with van der Waals surface area (Å²) in [7, 11) is -5.32. The van der Waals surface area contributed by atoms with Gasteiger partial charge >= 0.3 is 0 Å². The molecule has 0 aliphatic heterocycles. The number of hydrogen-bond acceptors (Lipinski definition) is 3. The van der Waals surface area contributed by atoms with Crippen molar-refractivity contribution in [3.8, 4) is 0 Å². The molecule has 0 saturated heterocycles. The molecule has 4 aromatic rings. The van der Waals surface area contributed by atoms with E-state index in [1.54, 1.807) is 24.3 Å². The van der Waals surface area contributed by atoms with Crippen molar-refractivity contribution in [1.82, 2.24) is 9.44 Å². The van der Waals surface area contributed by atoms with Gasteiger partial charge in [0.2, 0.25) is 10.0 Å². The van der Waals surface area contributed by atoms with Gasteiger partial charge in [0.1, 0.15) is 0 Å². The maximum absolute atomic E-state index is 13.8. The van der Waals surface area contributed by atoms with E-state index in [9.17, 15) is 12.6 Å². The topological polar surface area (TPSA) is 75.3 Å². The molecule has 7 heteroatoms. The van der Waals surface area contributed by atoms with Crippen LogP contribution in [0.3, 0.4) is 0 Å². The van der Waals surface area contributed by atoms with E-state index in [1.807, 2.05) is 131 Å². The number of benzene rings is 4. The molecule has 42 heavy (non-hydrogen) atoms. The second kappa shape index (κ2) is 13.7. The van der Waals surface area contributed by atoms with Gasteiger partial charge < -0.3 is 0 Å². The maximum Gasteiger partial charge on any atom is 0.241 e. The van der Waals surface area contributed by atoms with E-state index in [1.165, 1.54) is 0 Å². The van der Waals surface area contributed by atoms with Crippen LogP contribution in [-0.2, 0) is 33.0 Å². The Hall–Kier alpha value is -3.36. The van der Waals surface area contributed by atoms with Gasteiger partial charge in [-0.15, -0.1) is 0 Å². The van der Waals surface area contributed by atoms with Crippen molar-refractivity contribution < 1.29 is 12.6 Å². The second-order valence-corrected chi connectivity index (χ2v) is 15.3. The first-order valence-electron chi connectivity index (χ1n) is 14.1. The van der Waals surface area contributed by atoms with E-state index in [2.05, 4.69) is 9.44 Å². The molecule has 0 saturated carbocycles. The lowest BCUT2D eigenvalue weighted by Crippen LogP contribution is -2.53. The highest BCUT2D eigenvalue weighted by atomic mass is 32.2. The van der Waals surface area contributed by atoms with E-state index < -0.39 is 37.3 Å². The summed E-state index contributed by atoms with van der Waals surface area (Å²) in [6, 6.07) is 35.9. The number of aryl methyl sites for hydroxylation is 1. The minimum atomic E-state index is -3.87. The SMILES string of the molecule is Cc1ccc(S(=O)(=O)N[C@H](/C=C/c2ccccc2)C[C@](Cc2ccccc2)(N[S@@](=O)C(C)(C)C)c2ccccc2)cc1. The normalized spacial score (nSPS) is 15.2. The lowest BCUT2D eigenvalue weighted by atomic mass is 9.79. The first-order chi connectivity index (χ1) is 20.0. The predicted molar refractivity (Wildman–Crippen MR) is 175 cm³/mol. The van der Waals surface area contributed by atoms with Crippen LogP contribution in [0.4, 0.5) is 0 Å². The average Bonchev–Trinajstić information content (AvgIpc) is 2.97. The Kier molecular flexibility index (Phi) is 10.3. The molecule has 3 atom stereocenters. The highest BCUT2D eigenvalue weighted by molar-refractivity contribution is 7.89. The minimum Gasteiger partial charge on any atom is -0.242 e. The van der Waals surface area contributed by atoms with Crippen molar-refractivity contribution in [2.24, 2.45) is 0 Å². The zero-order valence-electron chi connectivity index (χ0n) is 24.7. The summed E-state index contributed by atoms with van der Waals surface area (Å²) >= 11 is 0. The van der Waals surface area contributed by atoms with E-state index in [0.29, 0.717) is 12.8 Å². The quantitative estimate of drug-likeness (QED) is 0.185. The molecule has 0 spiro atoms. The van der Waals surface area contributed by atoms with Gasteiger partial charge in [-0.05, 0) is 69.4 Å². The molecule has 0 bridgehead atoms. The van der Waals surface area contributed by atoms with E-state index in [4.69, 9.17) is 0 Å². The van der Waals surface area contributed by atoms with Crippen molar-refractivity contribution >= 4 is 27.1 Å². The average molecular weight is 601 g/mol. The zero-order valence-corrected chi connectivity index (χ0v) is 26.3. The Labute approximate surface area is 253 Å². The fourth-order valence-electron chi connectivity index (χ4n) is 4.76. The molecule has 4 rings (SSSR count). The van der Waals surface area contributed by atoms with Gasteiger partial charge in [0.25, 0.3) is 0 Å². The van der Waals surface area contributed by atoms with Crippen LogP contribution >= 0.6 is 0 Å². The zero-order chi connectivity index (χ0) is 30.2. The molecule has 5 nitrogen and oxygen atoms in total. The highest BCUT2D eigenvalue weighted by Crippen LogP contribution is 2.34. The number of sulfonamides is 1. The number of nitrogens with one attached hydrogen (secondary N) is 2. The summed E-state index contributed by atoms with van der Waals surface area (Å²) in [5.74, 6) is 0. The van der Waals surface area contributed by atoms with E-state index in [0.717, 1.165) is 22.3 Å². The molecule has 0 aliphatic rings. The van der Waals surface area contributed by atoms with E-state index >= 15 is 0 Å². The Bertz CT molecular complexity index is 1580. The van der Waals surface area contributed by atoms with Crippen molar-refractivity contribution in [2.75, 3.05) is 0 Å². The molecular weight excluding hydrogens is 561 g/mol.